The number of phenols is 1. The minimum Gasteiger partial charge on any atom is -0.507 e. The van der Waals surface area contributed by atoms with E-state index in [1.165, 1.54) is 0 Å². The van der Waals surface area contributed by atoms with Gasteiger partial charge >= 0.3 is 0 Å². The van der Waals surface area contributed by atoms with Gasteiger partial charge in [0.05, 0.1) is 32.6 Å². The molecule has 3 nitrogen and oxygen atoms in total. The molecule has 1 heterocycles. The average Bonchev–Trinajstić information content (AvgIpc) is 3.52. The molecule has 1 N–H and O–H groups in total. The van der Waals surface area contributed by atoms with E-state index in [0.29, 0.717) is 0 Å². The van der Waals surface area contributed by atoms with E-state index in [2.05, 4.69) is 4.74 Å². The highest BCUT2D eigenvalue weighted by atomic mass is 16.6. The van der Waals surface area contributed by atoms with Gasteiger partial charge in [0.15, 0.2) is 0 Å². The summed E-state index contributed by atoms with van der Waals surface area (Å²) in [4.78, 5) is 0. The number of aromatic hydroxyl groups is 1. The lowest BCUT2D eigenvalue weighted by Crippen LogP contribution is -2.04. The lowest BCUT2D eigenvalue weighted by atomic mass is 10.1. The third-order valence-corrected chi connectivity index (χ3v) is 3.02. The number of rotatable bonds is 3. The smallest absolute Gasteiger partial charge is 0.127 e. The molecule has 0 aromatic heterocycles. The van der Waals surface area contributed by atoms with Crippen molar-refractivity contribution in [3.63, 3.8) is 0 Å². The van der Waals surface area contributed by atoms with Crippen molar-refractivity contribution < 1.29 is 40.6 Å². The summed E-state index contributed by atoms with van der Waals surface area (Å²) < 4.78 is 156. The summed E-state index contributed by atoms with van der Waals surface area (Å²) in [5.41, 5.74) is 0. The summed E-state index contributed by atoms with van der Waals surface area (Å²) in [5, 5.41) is 8.29. The quantitative estimate of drug-likeness (QED) is 0.511. The van der Waals surface area contributed by atoms with Gasteiger partial charge < -0.3 is 14.6 Å². The molecule has 0 spiro atoms. The molecule has 0 radical (unpaired) electrons. The van der Waals surface area contributed by atoms with Crippen LogP contribution in [0.2, 0.25) is 0 Å². The summed E-state index contributed by atoms with van der Waals surface area (Å²) in [6.45, 7) is -5.83. The second-order valence-corrected chi connectivity index (χ2v) is 4.67. The number of epoxide rings is 1. The van der Waals surface area contributed by atoms with E-state index in [4.69, 9.17) is 30.8 Å². The fourth-order valence-corrected chi connectivity index (χ4v) is 1.83. The molecule has 3 heteroatoms. The molecule has 1 saturated heterocycles. The van der Waals surface area contributed by atoms with Crippen molar-refractivity contribution >= 4 is 21.5 Å². The molecule has 1 unspecified atom stereocenters. The van der Waals surface area contributed by atoms with Crippen LogP contribution in [-0.4, -0.2) is 24.3 Å². The predicted molar refractivity (Wildman–Crippen MR) is 105 cm³/mol. The van der Waals surface area contributed by atoms with Crippen LogP contribution in [0.4, 0.5) is 0 Å². The minimum absolute atomic E-state index is 0.237. The lowest BCUT2D eigenvalue weighted by Gasteiger charge is -2.07. The first-order valence-corrected chi connectivity index (χ1v) is 7.04. The van der Waals surface area contributed by atoms with E-state index in [-0.39, 0.29) is 10.8 Å². The molecular weight excluding hydrogens is 324 g/mol. The average molecular weight is 364 g/mol. The van der Waals surface area contributed by atoms with Gasteiger partial charge in [0.1, 0.15) is 24.1 Å². The van der Waals surface area contributed by atoms with Crippen LogP contribution in [-0.2, 0) is 4.74 Å². The van der Waals surface area contributed by atoms with E-state index in [1.807, 2.05) is 0 Å². The maximum Gasteiger partial charge on any atom is 0.127 e. The Hall–Kier alpha value is -3.04. The molecule has 0 aliphatic carbocycles. The van der Waals surface area contributed by atoms with Gasteiger partial charge in [-0.25, -0.2) is 0 Å². The van der Waals surface area contributed by atoms with Gasteiger partial charge in [-0.05, 0) is 22.9 Å². The summed E-state index contributed by atoms with van der Waals surface area (Å²) in [5.74, 6) is -1.49. The van der Waals surface area contributed by atoms with Crippen LogP contribution in [0.5, 0.6) is 11.5 Å². The minimum atomic E-state index is -3.16. The molecule has 4 aromatic rings. The van der Waals surface area contributed by atoms with Crippen molar-refractivity contribution in [3.05, 3.63) is 84.6 Å². The zero-order chi connectivity index (χ0) is 34.5. The Morgan fingerprint density at radius 1 is 0.962 bits per heavy atom. The molecule has 4 aromatic carbocycles. The number of fused-ring (bicyclic) bond motifs is 2. The Labute approximate surface area is 179 Å². The first kappa shape index (κ1) is 5.48. The Morgan fingerprint density at radius 2 is 1.54 bits per heavy atom. The molecule has 0 saturated carbocycles. The van der Waals surface area contributed by atoms with E-state index in [0.717, 1.165) is 0 Å². The van der Waals surface area contributed by atoms with Gasteiger partial charge in [0, 0.05) is 10.8 Å². The van der Waals surface area contributed by atoms with Crippen LogP contribution in [0.1, 0.15) is 26.0 Å². The Kier molecular flexibility index (Phi) is 1.57. The zero-order valence-electron chi connectivity index (χ0n) is 31.8. The van der Waals surface area contributed by atoms with Crippen molar-refractivity contribution in [1.82, 2.24) is 0 Å². The third-order valence-electron chi connectivity index (χ3n) is 3.02. The van der Waals surface area contributed by atoms with Crippen LogP contribution in [0, 0.1) is 0 Å². The highest BCUT2D eigenvalue weighted by Crippen LogP contribution is 2.26. The summed E-state index contributed by atoms with van der Waals surface area (Å²) in [7, 11) is 0. The molecule has 0 amide bonds. The monoisotopic (exact) mass is 363 g/mol. The number of benzene rings is 4. The Bertz CT molecular complexity index is 1820. The molecule has 26 heavy (non-hydrogen) atoms. The first-order valence-electron chi connectivity index (χ1n) is 16.5. The standard InChI is InChI=1S/C13H12O2.C10H8O/c1-2-6-12-10(4-1)5-3-7-13(12)15-9-11-8-14-11;11-10-7-3-5-8-4-1-2-6-9(8)10/h1-7,11H,8-9H2;1-7,11H/i1D,2D,3D,4D,5D,6D,7D,8D2,9D2,11D;1D,2D,3D,4D,5D,6D,7D. The van der Waals surface area contributed by atoms with Gasteiger partial charge in [-0.15, -0.1) is 0 Å². The van der Waals surface area contributed by atoms with Crippen molar-refractivity contribution in [1.29, 1.82) is 0 Å². The summed E-state index contributed by atoms with van der Waals surface area (Å²) in [6, 6.07) is -8.74. The molecule has 130 valence electrons. The first-order chi connectivity index (χ1) is 20.5. The maximum absolute atomic E-state index is 9.75. The molecule has 1 atom stereocenters. The van der Waals surface area contributed by atoms with E-state index >= 15 is 0 Å². The fraction of sp³-hybridized carbons (Fsp3) is 0.130. The molecular formula is C23H20O3. The normalized spacial score (nSPS) is 31.0. The van der Waals surface area contributed by atoms with Gasteiger partial charge in [0.2, 0.25) is 0 Å². The van der Waals surface area contributed by atoms with E-state index < -0.39 is 126 Å². The second kappa shape index (κ2) is 7.46. The molecule has 5 rings (SSSR count). The predicted octanol–water partition coefficient (Wildman–Crippen LogP) is 5.16. The largest absolute Gasteiger partial charge is 0.507 e. The third kappa shape index (κ3) is 3.79. The van der Waals surface area contributed by atoms with E-state index in [9.17, 15) is 5.11 Å². The molecule has 0 bridgehead atoms. The zero-order valence-corrected chi connectivity index (χ0v) is 12.8. The van der Waals surface area contributed by atoms with E-state index in [1.54, 1.807) is 0 Å². The van der Waals surface area contributed by atoms with Gasteiger partial charge in [-0.2, -0.15) is 0 Å². The Morgan fingerprint density at radius 3 is 2.27 bits per heavy atom. The number of hydrogen-bond acceptors (Lipinski definition) is 3. The topological polar surface area (TPSA) is 42.0 Å². The van der Waals surface area contributed by atoms with Crippen molar-refractivity contribution in [2.24, 2.45) is 0 Å². The van der Waals surface area contributed by atoms with Crippen LogP contribution in [0.25, 0.3) is 21.5 Å². The fourth-order valence-electron chi connectivity index (χ4n) is 1.83. The van der Waals surface area contributed by atoms with Crippen molar-refractivity contribution in [3.8, 4) is 11.5 Å². The van der Waals surface area contributed by atoms with Crippen LogP contribution in [0.15, 0.2) is 84.6 Å². The van der Waals surface area contributed by atoms with Crippen LogP contribution < -0.4 is 4.74 Å². The Balaban J connectivity index is 0.000000222. The van der Waals surface area contributed by atoms with Crippen LogP contribution >= 0.6 is 0 Å². The highest BCUT2D eigenvalue weighted by Gasteiger charge is 2.23. The maximum atomic E-state index is 9.75. The second-order valence-electron chi connectivity index (χ2n) is 4.67. The summed E-state index contributed by atoms with van der Waals surface area (Å²) in [6.07, 6.45) is -2.77. The van der Waals surface area contributed by atoms with Crippen LogP contribution in [0.3, 0.4) is 0 Å². The molecule has 1 aliphatic rings. The highest BCUT2D eigenvalue weighted by molar-refractivity contribution is 5.88. The number of hydrogen-bond donors (Lipinski definition) is 1. The summed E-state index contributed by atoms with van der Waals surface area (Å²) >= 11 is 0. The van der Waals surface area contributed by atoms with Gasteiger partial charge in [-0.1, -0.05) is 72.5 Å². The van der Waals surface area contributed by atoms with Crippen molar-refractivity contribution in [2.75, 3.05) is 13.1 Å². The van der Waals surface area contributed by atoms with Gasteiger partial charge in [-0.3, -0.25) is 0 Å². The molecule has 1 fully saturated rings. The van der Waals surface area contributed by atoms with Gasteiger partial charge in [0.25, 0.3) is 0 Å². The van der Waals surface area contributed by atoms with Crippen molar-refractivity contribution in [2.45, 2.75) is 6.08 Å². The SMILES string of the molecule is [2H]c1c([2H])c([2H])c2c(O)c([2H])c([2H])c([2H])c2c1[2H].[2H]c1c([2H])c([2H])c2c(OC([2H])([2H])C3([2H])OC3([2H])[2H])c([2H])c([2H])c([2H])c2c1[2H]. The molecule has 1 aliphatic heterocycles. The lowest BCUT2D eigenvalue weighted by molar-refractivity contribution is 0.265. The number of ether oxygens (including phenoxy) is 2. The number of phenolic OH excluding ortho intramolecular Hbond substituents is 1.